The van der Waals surface area contributed by atoms with Gasteiger partial charge in [0, 0.05) is 12.2 Å². The summed E-state index contributed by atoms with van der Waals surface area (Å²) < 4.78 is 0.732. The first-order chi connectivity index (χ1) is 9.65. The normalized spacial score (nSPS) is 15.2. The Morgan fingerprint density at radius 3 is 3.00 bits per heavy atom. The van der Waals surface area contributed by atoms with E-state index in [9.17, 15) is 4.79 Å². The van der Waals surface area contributed by atoms with Crippen molar-refractivity contribution in [1.82, 2.24) is 10.2 Å². The van der Waals surface area contributed by atoms with E-state index < -0.39 is 0 Å². The highest BCUT2D eigenvalue weighted by molar-refractivity contribution is 8.02. The van der Waals surface area contributed by atoms with Gasteiger partial charge in [-0.2, -0.15) is 0 Å². The zero-order chi connectivity index (χ0) is 14.1. The third kappa shape index (κ3) is 2.51. The first-order valence-corrected chi connectivity index (χ1v) is 7.99. The molecular weight excluding hydrogens is 292 g/mol. The summed E-state index contributed by atoms with van der Waals surface area (Å²) in [4.78, 5) is 14.4. The SMILES string of the molecule is C[C@H](Sc1nnc(N)s1)C(=O)N1CCc2ccccc21. The molecule has 2 aromatic rings. The lowest BCUT2D eigenvalue weighted by Crippen LogP contribution is -2.35. The number of benzene rings is 1. The van der Waals surface area contributed by atoms with Crippen molar-refractivity contribution in [2.24, 2.45) is 0 Å². The molecule has 5 nitrogen and oxygen atoms in total. The van der Waals surface area contributed by atoms with Gasteiger partial charge in [0.1, 0.15) is 0 Å². The Morgan fingerprint density at radius 1 is 1.45 bits per heavy atom. The molecular formula is C13H14N4OS2. The van der Waals surface area contributed by atoms with Crippen molar-refractivity contribution in [3.05, 3.63) is 29.8 Å². The molecule has 20 heavy (non-hydrogen) atoms. The van der Waals surface area contributed by atoms with Gasteiger partial charge >= 0.3 is 0 Å². The molecule has 3 rings (SSSR count). The molecule has 0 spiro atoms. The molecule has 1 aromatic carbocycles. The Balaban J connectivity index is 1.73. The first-order valence-electron chi connectivity index (χ1n) is 6.30. The monoisotopic (exact) mass is 306 g/mol. The third-order valence-electron chi connectivity index (χ3n) is 3.20. The summed E-state index contributed by atoms with van der Waals surface area (Å²) >= 11 is 2.72. The summed E-state index contributed by atoms with van der Waals surface area (Å²) in [6, 6.07) is 8.05. The summed E-state index contributed by atoms with van der Waals surface area (Å²) in [6.45, 7) is 2.65. The van der Waals surface area contributed by atoms with E-state index in [0.29, 0.717) is 5.13 Å². The number of aromatic nitrogens is 2. The maximum Gasteiger partial charge on any atom is 0.240 e. The first kappa shape index (κ1) is 13.4. The molecule has 1 aromatic heterocycles. The van der Waals surface area contributed by atoms with Crippen LogP contribution in [-0.4, -0.2) is 27.9 Å². The van der Waals surface area contributed by atoms with Gasteiger partial charge in [0.25, 0.3) is 0 Å². The van der Waals surface area contributed by atoms with E-state index in [2.05, 4.69) is 16.3 Å². The van der Waals surface area contributed by atoms with E-state index in [0.717, 1.165) is 23.0 Å². The van der Waals surface area contributed by atoms with Crippen LogP contribution in [0.2, 0.25) is 0 Å². The number of nitrogens with two attached hydrogens (primary N) is 1. The van der Waals surface area contributed by atoms with Gasteiger partial charge in [-0.1, -0.05) is 41.3 Å². The van der Waals surface area contributed by atoms with Crippen molar-refractivity contribution in [2.45, 2.75) is 22.9 Å². The topological polar surface area (TPSA) is 72.1 Å². The molecule has 1 aliphatic heterocycles. The second-order valence-electron chi connectivity index (χ2n) is 4.53. The number of hydrogen-bond acceptors (Lipinski definition) is 6. The molecule has 7 heteroatoms. The summed E-state index contributed by atoms with van der Waals surface area (Å²) in [6.07, 6.45) is 0.922. The second kappa shape index (κ2) is 5.41. The lowest BCUT2D eigenvalue weighted by atomic mass is 10.2. The number of carbonyl (C=O) groups excluding carboxylic acids is 1. The van der Waals surface area contributed by atoms with E-state index in [1.54, 1.807) is 0 Å². The van der Waals surface area contributed by atoms with Gasteiger partial charge in [0.05, 0.1) is 5.25 Å². The van der Waals surface area contributed by atoms with Gasteiger partial charge < -0.3 is 10.6 Å². The summed E-state index contributed by atoms with van der Waals surface area (Å²) in [5.74, 6) is 0.105. The van der Waals surface area contributed by atoms with Crippen molar-refractivity contribution in [3.63, 3.8) is 0 Å². The Bertz CT molecular complexity index is 643. The maximum atomic E-state index is 12.5. The maximum absolute atomic E-state index is 12.5. The summed E-state index contributed by atoms with van der Waals surface area (Å²) in [5, 5.41) is 7.94. The van der Waals surface area contributed by atoms with Gasteiger partial charge in [-0.25, -0.2) is 0 Å². The van der Waals surface area contributed by atoms with E-state index in [-0.39, 0.29) is 11.2 Å². The van der Waals surface area contributed by atoms with Crippen LogP contribution in [0.25, 0.3) is 0 Å². The van der Waals surface area contributed by atoms with Crippen LogP contribution < -0.4 is 10.6 Å². The minimum Gasteiger partial charge on any atom is -0.374 e. The fourth-order valence-electron chi connectivity index (χ4n) is 2.26. The predicted octanol–water partition coefficient (Wildman–Crippen LogP) is 2.19. The van der Waals surface area contributed by atoms with Crippen molar-refractivity contribution in [1.29, 1.82) is 0 Å². The molecule has 1 atom stereocenters. The molecule has 1 aliphatic rings. The number of nitrogens with zero attached hydrogens (tertiary/aromatic N) is 3. The minimum atomic E-state index is -0.200. The van der Waals surface area contributed by atoms with E-state index in [1.807, 2.05) is 30.0 Å². The Kier molecular flexibility index (Phi) is 3.62. The third-order valence-corrected chi connectivity index (χ3v) is 5.12. The molecule has 0 aliphatic carbocycles. The zero-order valence-electron chi connectivity index (χ0n) is 10.9. The fourth-order valence-corrected chi connectivity index (χ4v) is 4.10. The predicted molar refractivity (Wildman–Crippen MR) is 82.1 cm³/mol. The van der Waals surface area contributed by atoms with Crippen molar-refractivity contribution < 1.29 is 4.79 Å². The Labute approximate surface area is 125 Å². The number of amides is 1. The molecule has 2 heterocycles. The minimum absolute atomic E-state index is 0.105. The molecule has 0 radical (unpaired) electrons. The van der Waals surface area contributed by atoms with Crippen LogP contribution in [0, 0.1) is 0 Å². The van der Waals surface area contributed by atoms with Crippen LogP contribution >= 0.6 is 23.1 Å². The highest BCUT2D eigenvalue weighted by Gasteiger charge is 2.28. The van der Waals surface area contributed by atoms with Crippen molar-refractivity contribution in [2.75, 3.05) is 17.2 Å². The molecule has 0 saturated heterocycles. The molecule has 0 unspecified atom stereocenters. The van der Waals surface area contributed by atoms with Crippen LogP contribution in [0.1, 0.15) is 12.5 Å². The van der Waals surface area contributed by atoms with Gasteiger partial charge in [-0.15, -0.1) is 10.2 Å². The van der Waals surface area contributed by atoms with Crippen LogP contribution in [0.5, 0.6) is 0 Å². The highest BCUT2D eigenvalue weighted by atomic mass is 32.2. The number of anilines is 2. The van der Waals surface area contributed by atoms with Gasteiger partial charge in [-0.3, -0.25) is 4.79 Å². The molecule has 1 amide bonds. The zero-order valence-corrected chi connectivity index (χ0v) is 12.6. The number of para-hydroxylation sites is 1. The van der Waals surface area contributed by atoms with Crippen LogP contribution in [-0.2, 0) is 11.2 Å². The molecule has 0 bridgehead atoms. The van der Waals surface area contributed by atoms with E-state index in [1.165, 1.54) is 28.7 Å². The quantitative estimate of drug-likeness (QED) is 0.880. The van der Waals surface area contributed by atoms with E-state index >= 15 is 0 Å². The largest absolute Gasteiger partial charge is 0.374 e. The number of hydrogen-bond donors (Lipinski definition) is 1. The van der Waals surface area contributed by atoms with Crippen LogP contribution in [0.15, 0.2) is 28.6 Å². The van der Waals surface area contributed by atoms with Crippen LogP contribution in [0.4, 0.5) is 10.8 Å². The molecule has 0 fully saturated rings. The average Bonchev–Trinajstić information content (AvgIpc) is 3.04. The van der Waals surface area contributed by atoms with E-state index in [4.69, 9.17) is 5.73 Å². The van der Waals surface area contributed by atoms with Crippen molar-refractivity contribution in [3.8, 4) is 0 Å². The smallest absolute Gasteiger partial charge is 0.240 e. The summed E-state index contributed by atoms with van der Waals surface area (Å²) in [5.41, 5.74) is 7.82. The number of carbonyl (C=O) groups is 1. The lowest BCUT2D eigenvalue weighted by Gasteiger charge is -2.20. The van der Waals surface area contributed by atoms with Gasteiger partial charge in [0.2, 0.25) is 11.0 Å². The lowest BCUT2D eigenvalue weighted by molar-refractivity contribution is -0.117. The fraction of sp³-hybridized carbons (Fsp3) is 0.308. The van der Waals surface area contributed by atoms with Gasteiger partial charge in [-0.05, 0) is 25.0 Å². The number of fused-ring (bicyclic) bond motifs is 1. The number of nitrogen functional groups attached to an aromatic ring is 1. The number of thioether (sulfide) groups is 1. The Morgan fingerprint density at radius 2 is 2.25 bits per heavy atom. The van der Waals surface area contributed by atoms with Gasteiger partial charge in [0.15, 0.2) is 4.34 Å². The molecule has 104 valence electrons. The Hall–Kier alpha value is -1.60. The molecule has 0 saturated carbocycles. The highest BCUT2D eigenvalue weighted by Crippen LogP contribution is 2.32. The van der Waals surface area contributed by atoms with Crippen molar-refractivity contribution >= 4 is 39.8 Å². The standard InChI is InChI=1S/C13H14N4OS2/c1-8(19-13-16-15-12(14)20-13)11(18)17-7-6-9-4-2-3-5-10(9)17/h2-5,8H,6-7H2,1H3,(H2,14,15)/t8-/m0/s1. The number of rotatable bonds is 3. The van der Waals surface area contributed by atoms with Crippen LogP contribution in [0.3, 0.4) is 0 Å². The average molecular weight is 306 g/mol. The second-order valence-corrected chi connectivity index (χ2v) is 7.13. The molecule has 2 N–H and O–H groups in total. The summed E-state index contributed by atoms with van der Waals surface area (Å²) in [7, 11) is 0.